The summed E-state index contributed by atoms with van der Waals surface area (Å²) in [6.45, 7) is 5.46. The molecule has 3 nitrogen and oxygen atoms in total. The third-order valence-electron chi connectivity index (χ3n) is 3.11. The van der Waals surface area contributed by atoms with E-state index in [-0.39, 0.29) is 6.29 Å². The van der Waals surface area contributed by atoms with Gasteiger partial charge in [-0.3, -0.25) is 0 Å². The highest BCUT2D eigenvalue weighted by atomic mass is 16.7. The molecule has 1 aromatic carbocycles. The lowest BCUT2D eigenvalue weighted by molar-refractivity contribution is -0.130. The number of hydrogen-bond acceptors (Lipinski definition) is 2. The molecule has 2 aromatic rings. The first-order valence-electron chi connectivity index (χ1n) is 7.59. The quantitative estimate of drug-likeness (QED) is 0.472. The van der Waals surface area contributed by atoms with Crippen LogP contribution in [0.15, 0.2) is 30.3 Å². The van der Waals surface area contributed by atoms with E-state index >= 15 is 0 Å². The van der Waals surface area contributed by atoms with Gasteiger partial charge in [-0.05, 0) is 37.8 Å². The molecule has 0 aliphatic carbocycles. The number of H-pyrrole nitrogens is 1. The van der Waals surface area contributed by atoms with Gasteiger partial charge in [-0.1, -0.05) is 31.0 Å². The molecule has 2 rings (SSSR count). The molecular formula is C18H23NO2. The maximum absolute atomic E-state index is 5.55. The summed E-state index contributed by atoms with van der Waals surface area (Å²) in [5, 5.41) is 1.20. The molecule has 0 saturated heterocycles. The zero-order chi connectivity index (χ0) is 14.9. The first-order chi connectivity index (χ1) is 10.3. The van der Waals surface area contributed by atoms with E-state index in [0.717, 1.165) is 37.1 Å². The highest BCUT2D eigenvalue weighted by molar-refractivity contribution is 5.81. The predicted octanol–water partition coefficient (Wildman–Crippen LogP) is 4.09. The minimum Gasteiger partial charge on any atom is -0.353 e. The number of ether oxygens (including phenoxy) is 2. The van der Waals surface area contributed by atoms with Gasteiger partial charge in [0.1, 0.15) is 0 Å². The number of rotatable bonds is 7. The van der Waals surface area contributed by atoms with Gasteiger partial charge in [-0.25, -0.2) is 0 Å². The van der Waals surface area contributed by atoms with Crippen molar-refractivity contribution in [2.75, 3.05) is 13.2 Å². The molecule has 0 saturated carbocycles. The van der Waals surface area contributed by atoms with Gasteiger partial charge in [0.15, 0.2) is 6.29 Å². The summed E-state index contributed by atoms with van der Waals surface area (Å²) in [6, 6.07) is 10.3. The number of benzene rings is 1. The molecule has 112 valence electrons. The van der Waals surface area contributed by atoms with E-state index in [0.29, 0.717) is 6.61 Å². The zero-order valence-electron chi connectivity index (χ0n) is 12.8. The zero-order valence-corrected chi connectivity index (χ0v) is 12.8. The molecule has 1 unspecified atom stereocenters. The van der Waals surface area contributed by atoms with Crippen LogP contribution in [0.5, 0.6) is 0 Å². The Balaban J connectivity index is 1.69. The number of unbranched alkanes of at least 4 members (excludes halogenated alkanes) is 1. The van der Waals surface area contributed by atoms with Gasteiger partial charge in [0.05, 0.1) is 12.3 Å². The van der Waals surface area contributed by atoms with Gasteiger partial charge < -0.3 is 14.5 Å². The third kappa shape index (κ3) is 5.26. The summed E-state index contributed by atoms with van der Waals surface area (Å²) in [5.41, 5.74) is 2.10. The molecule has 1 heterocycles. The van der Waals surface area contributed by atoms with E-state index in [1.165, 1.54) is 5.39 Å². The van der Waals surface area contributed by atoms with Crippen LogP contribution < -0.4 is 0 Å². The van der Waals surface area contributed by atoms with Crippen LogP contribution in [0.4, 0.5) is 0 Å². The Labute approximate surface area is 126 Å². The lowest BCUT2D eigenvalue weighted by Crippen LogP contribution is -2.14. The Morgan fingerprint density at radius 1 is 1.19 bits per heavy atom. The maximum Gasteiger partial charge on any atom is 0.154 e. The van der Waals surface area contributed by atoms with Crippen molar-refractivity contribution in [2.24, 2.45) is 0 Å². The lowest BCUT2D eigenvalue weighted by Gasteiger charge is -2.12. The number of para-hydroxylation sites is 1. The Morgan fingerprint density at radius 2 is 2.00 bits per heavy atom. The summed E-state index contributed by atoms with van der Waals surface area (Å²) in [4.78, 5) is 3.30. The van der Waals surface area contributed by atoms with Gasteiger partial charge in [0.25, 0.3) is 0 Å². The molecule has 3 heteroatoms. The summed E-state index contributed by atoms with van der Waals surface area (Å²) < 4.78 is 11.0. The topological polar surface area (TPSA) is 34.2 Å². The van der Waals surface area contributed by atoms with Crippen LogP contribution in [0.1, 0.15) is 38.8 Å². The first kappa shape index (κ1) is 15.6. The maximum atomic E-state index is 5.55. The highest BCUT2D eigenvalue weighted by Crippen LogP contribution is 2.13. The average molecular weight is 285 g/mol. The molecule has 0 amide bonds. The second-order valence-corrected chi connectivity index (χ2v) is 4.98. The summed E-state index contributed by atoms with van der Waals surface area (Å²) in [5.74, 6) is 6.34. The number of aromatic amines is 1. The number of fused-ring (bicyclic) bond motifs is 1. The van der Waals surface area contributed by atoms with Crippen molar-refractivity contribution in [1.82, 2.24) is 4.98 Å². The van der Waals surface area contributed by atoms with Gasteiger partial charge in [0.2, 0.25) is 0 Å². The van der Waals surface area contributed by atoms with Crippen LogP contribution in [0.3, 0.4) is 0 Å². The van der Waals surface area contributed by atoms with Crippen LogP contribution in [0.25, 0.3) is 10.9 Å². The van der Waals surface area contributed by atoms with Gasteiger partial charge in [-0.15, -0.1) is 0 Å². The fourth-order valence-electron chi connectivity index (χ4n) is 2.04. The van der Waals surface area contributed by atoms with Crippen LogP contribution in [0, 0.1) is 11.8 Å². The van der Waals surface area contributed by atoms with E-state index in [9.17, 15) is 0 Å². The molecule has 0 radical (unpaired) electrons. The van der Waals surface area contributed by atoms with Crippen molar-refractivity contribution in [3.8, 4) is 11.8 Å². The van der Waals surface area contributed by atoms with Crippen molar-refractivity contribution >= 4 is 10.9 Å². The molecule has 1 atom stereocenters. The minimum atomic E-state index is -0.119. The Hall–Kier alpha value is -1.76. The molecule has 1 N–H and O–H groups in total. The SMILES string of the molecule is CCCOC(C)OCCCC#Cc1cc2ccccc2[nH]1. The van der Waals surface area contributed by atoms with Crippen LogP contribution >= 0.6 is 0 Å². The van der Waals surface area contributed by atoms with E-state index in [2.05, 4.69) is 41.9 Å². The van der Waals surface area contributed by atoms with E-state index in [1.807, 2.05) is 19.1 Å². The first-order valence-corrected chi connectivity index (χ1v) is 7.59. The van der Waals surface area contributed by atoms with Crippen molar-refractivity contribution in [3.63, 3.8) is 0 Å². The number of nitrogens with one attached hydrogen (secondary N) is 1. The monoisotopic (exact) mass is 285 g/mol. The molecule has 0 bridgehead atoms. The van der Waals surface area contributed by atoms with Crippen LogP contribution in [0.2, 0.25) is 0 Å². The molecule has 1 aromatic heterocycles. The number of hydrogen-bond donors (Lipinski definition) is 1. The smallest absolute Gasteiger partial charge is 0.154 e. The van der Waals surface area contributed by atoms with Crippen molar-refractivity contribution in [1.29, 1.82) is 0 Å². The highest BCUT2D eigenvalue weighted by Gasteiger charge is 1.99. The van der Waals surface area contributed by atoms with E-state index in [1.54, 1.807) is 0 Å². The third-order valence-corrected chi connectivity index (χ3v) is 3.11. The van der Waals surface area contributed by atoms with Crippen molar-refractivity contribution < 1.29 is 9.47 Å². The van der Waals surface area contributed by atoms with Gasteiger partial charge in [-0.2, -0.15) is 0 Å². The molecule has 0 fully saturated rings. The average Bonchev–Trinajstić information content (AvgIpc) is 2.91. The summed E-state index contributed by atoms with van der Waals surface area (Å²) in [6.07, 6.45) is 2.65. The van der Waals surface area contributed by atoms with Gasteiger partial charge in [0, 0.05) is 23.9 Å². The molecular weight excluding hydrogens is 262 g/mol. The minimum absolute atomic E-state index is 0.119. The molecule has 0 aliphatic heterocycles. The Kier molecular flexibility index (Phi) is 6.33. The van der Waals surface area contributed by atoms with Crippen LogP contribution in [-0.4, -0.2) is 24.5 Å². The molecule has 0 aliphatic rings. The molecule has 0 spiro atoms. The second-order valence-electron chi connectivity index (χ2n) is 4.98. The summed E-state index contributed by atoms with van der Waals surface area (Å²) >= 11 is 0. The predicted molar refractivity (Wildman–Crippen MR) is 86.1 cm³/mol. The van der Waals surface area contributed by atoms with Crippen LogP contribution in [-0.2, 0) is 9.47 Å². The van der Waals surface area contributed by atoms with E-state index < -0.39 is 0 Å². The van der Waals surface area contributed by atoms with Crippen molar-refractivity contribution in [3.05, 3.63) is 36.0 Å². The Bertz CT molecular complexity index is 573. The Morgan fingerprint density at radius 3 is 2.81 bits per heavy atom. The largest absolute Gasteiger partial charge is 0.353 e. The lowest BCUT2D eigenvalue weighted by atomic mass is 10.2. The normalized spacial score (nSPS) is 12.1. The fraction of sp³-hybridized carbons (Fsp3) is 0.444. The second kappa shape index (κ2) is 8.51. The van der Waals surface area contributed by atoms with Crippen molar-refractivity contribution in [2.45, 2.75) is 39.4 Å². The fourth-order valence-corrected chi connectivity index (χ4v) is 2.04. The standard InChI is InChI=1S/C18H23NO2/c1-3-12-20-15(2)21-13-8-4-5-10-17-14-16-9-6-7-11-18(16)19-17/h6-7,9,11,14-15,19H,3-4,8,12-13H2,1-2H3. The van der Waals surface area contributed by atoms with E-state index in [4.69, 9.17) is 9.47 Å². The van der Waals surface area contributed by atoms with Gasteiger partial charge >= 0.3 is 0 Å². The number of aromatic nitrogens is 1. The summed E-state index contributed by atoms with van der Waals surface area (Å²) in [7, 11) is 0. The molecule has 21 heavy (non-hydrogen) atoms.